The lowest BCUT2D eigenvalue weighted by Gasteiger charge is -2.21. The minimum absolute atomic E-state index is 0.139. The van der Waals surface area contributed by atoms with Gasteiger partial charge in [0.05, 0.1) is 18.7 Å². The Hall–Kier alpha value is -2.24. The van der Waals surface area contributed by atoms with Gasteiger partial charge in [-0.25, -0.2) is 4.99 Å². The van der Waals surface area contributed by atoms with Gasteiger partial charge in [0.25, 0.3) is 0 Å². The molecule has 0 fully saturated rings. The van der Waals surface area contributed by atoms with E-state index in [0.717, 1.165) is 5.56 Å². The maximum atomic E-state index is 10.5. The van der Waals surface area contributed by atoms with Gasteiger partial charge in [-0.1, -0.05) is 41.9 Å². The molecule has 0 saturated carbocycles. The number of nitrogens with zero attached hydrogens (tertiary/aromatic N) is 1. The zero-order valence-electron chi connectivity index (χ0n) is 13.1. The largest absolute Gasteiger partial charge is 0.495 e. The van der Waals surface area contributed by atoms with Crippen molar-refractivity contribution in [3.63, 3.8) is 0 Å². The van der Waals surface area contributed by atoms with Gasteiger partial charge in [0, 0.05) is 5.69 Å². The lowest BCUT2D eigenvalue weighted by atomic mass is 9.96. The molecule has 0 heterocycles. The number of ether oxygens (including phenoxy) is 1. The third-order valence-electron chi connectivity index (χ3n) is 3.38. The number of halogens is 1. The fourth-order valence-electron chi connectivity index (χ4n) is 2.06. The fraction of sp³-hybridized carbons (Fsp3) is 0.235. The predicted molar refractivity (Wildman–Crippen MR) is 94.1 cm³/mol. The first-order valence-corrected chi connectivity index (χ1v) is 7.48. The van der Waals surface area contributed by atoms with Crippen LogP contribution in [0.3, 0.4) is 0 Å². The summed E-state index contributed by atoms with van der Waals surface area (Å²) < 4.78 is 5.09. The molecule has 0 aromatic heterocycles. The van der Waals surface area contributed by atoms with Crippen LogP contribution in [0.1, 0.15) is 12.5 Å². The van der Waals surface area contributed by atoms with E-state index in [1.54, 1.807) is 32.2 Å². The quantitative estimate of drug-likeness (QED) is 0.580. The van der Waals surface area contributed by atoms with Crippen LogP contribution < -0.4 is 15.8 Å². The molecule has 2 aromatic rings. The smallest absolute Gasteiger partial charge is 0.193 e. The Morgan fingerprint density at radius 2 is 2.00 bits per heavy atom. The minimum Gasteiger partial charge on any atom is -0.495 e. The van der Waals surface area contributed by atoms with E-state index < -0.39 is 5.60 Å². The van der Waals surface area contributed by atoms with Crippen LogP contribution in [0.5, 0.6) is 5.75 Å². The standard InChI is InChI=1S/C17H20ClN3O2/c1-17(22,12-6-4-3-5-7-12)11-20-16(19)21-13-8-9-15(23-2)14(18)10-13/h3-10,22H,11H2,1-2H3,(H3,19,20,21). The molecule has 2 aromatic carbocycles. The van der Waals surface area contributed by atoms with Gasteiger partial charge in [-0.15, -0.1) is 0 Å². The first kappa shape index (κ1) is 17.1. The lowest BCUT2D eigenvalue weighted by molar-refractivity contribution is 0.0674. The molecule has 0 aliphatic rings. The van der Waals surface area contributed by atoms with Crippen LogP contribution in [0.25, 0.3) is 0 Å². The van der Waals surface area contributed by atoms with Gasteiger partial charge in [-0.05, 0) is 30.7 Å². The summed E-state index contributed by atoms with van der Waals surface area (Å²) in [6, 6.07) is 14.5. The number of rotatable bonds is 5. The van der Waals surface area contributed by atoms with E-state index in [9.17, 15) is 5.11 Å². The van der Waals surface area contributed by atoms with E-state index in [4.69, 9.17) is 22.1 Å². The molecule has 4 N–H and O–H groups in total. The highest BCUT2D eigenvalue weighted by atomic mass is 35.5. The molecule has 1 atom stereocenters. The molecule has 0 aliphatic carbocycles. The van der Waals surface area contributed by atoms with Crippen molar-refractivity contribution < 1.29 is 9.84 Å². The highest BCUT2D eigenvalue weighted by Crippen LogP contribution is 2.27. The minimum atomic E-state index is -1.09. The molecular formula is C17H20ClN3O2. The number of benzene rings is 2. The Kier molecular flexibility index (Phi) is 5.47. The van der Waals surface area contributed by atoms with E-state index in [0.29, 0.717) is 16.5 Å². The van der Waals surface area contributed by atoms with E-state index in [-0.39, 0.29) is 12.5 Å². The van der Waals surface area contributed by atoms with E-state index in [2.05, 4.69) is 10.3 Å². The van der Waals surface area contributed by atoms with Gasteiger partial charge in [0.15, 0.2) is 5.96 Å². The molecule has 122 valence electrons. The number of nitrogens with two attached hydrogens (primary N) is 1. The van der Waals surface area contributed by atoms with Crippen molar-refractivity contribution in [2.75, 3.05) is 19.0 Å². The summed E-state index contributed by atoms with van der Waals surface area (Å²) in [6.45, 7) is 1.84. The summed E-state index contributed by atoms with van der Waals surface area (Å²) >= 11 is 6.06. The van der Waals surface area contributed by atoms with Gasteiger partial charge in [-0.3, -0.25) is 0 Å². The molecule has 2 rings (SSSR count). The monoisotopic (exact) mass is 333 g/mol. The summed E-state index contributed by atoms with van der Waals surface area (Å²) in [7, 11) is 1.55. The number of anilines is 1. The van der Waals surface area contributed by atoms with Crippen LogP contribution in [-0.4, -0.2) is 24.7 Å². The molecule has 0 spiro atoms. The second kappa shape index (κ2) is 7.35. The summed E-state index contributed by atoms with van der Waals surface area (Å²) in [5.41, 5.74) is 6.25. The van der Waals surface area contributed by atoms with Crippen molar-refractivity contribution in [3.8, 4) is 5.75 Å². The SMILES string of the molecule is COc1ccc(NC(N)=NCC(C)(O)c2ccccc2)cc1Cl. The average molecular weight is 334 g/mol. The van der Waals surface area contributed by atoms with Gasteiger partial charge >= 0.3 is 0 Å². The van der Waals surface area contributed by atoms with Crippen molar-refractivity contribution in [2.45, 2.75) is 12.5 Å². The number of aliphatic hydroxyl groups is 1. The van der Waals surface area contributed by atoms with Gasteiger partial charge in [-0.2, -0.15) is 0 Å². The van der Waals surface area contributed by atoms with Gasteiger partial charge < -0.3 is 20.9 Å². The highest BCUT2D eigenvalue weighted by Gasteiger charge is 2.22. The third-order valence-corrected chi connectivity index (χ3v) is 3.67. The van der Waals surface area contributed by atoms with Crippen molar-refractivity contribution in [2.24, 2.45) is 10.7 Å². The molecule has 1 unspecified atom stereocenters. The number of nitrogens with one attached hydrogen (secondary N) is 1. The van der Waals surface area contributed by atoms with Crippen LogP contribution in [0.2, 0.25) is 5.02 Å². The number of hydrogen-bond donors (Lipinski definition) is 3. The molecular weight excluding hydrogens is 314 g/mol. The maximum Gasteiger partial charge on any atom is 0.193 e. The van der Waals surface area contributed by atoms with Crippen LogP contribution in [-0.2, 0) is 5.60 Å². The maximum absolute atomic E-state index is 10.5. The topological polar surface area (TPSA) is 79.9 Å². The number of guanidine groups is 1. The third kappa shape index (κ3) is 4.61. The molecule has 5 nitrogen and oxygen atoms in total. The van der Waals surface area contributed by atoms with Gasteiger partial charge in [0.2, 0.25) is 0 Å². The Morgan fingerprint density at radius 1 is 1.30 bits per heavy atom. The van der Waals surface area contributed by atoms with Crippen LogP contribution in [0.4, 0.5) is 5.69 Å². The Labute approximate surface area is 140 Å². The number of hydrogen-bond acceptors (Lipinski definition) is 3. The van der Waals surface area contributed by atoms with E-state index in [1.807, 2.05) is 30.3 Å². The summed E-state index contributed by atoms with van der Waals surface area (Å²) in [4.78, 5) is 4.20. The Balaban J connectivity index is 2.04. The molecule has 0 saturated heterocycles. The lowest BCUT2D eigenvalue weighted by Crippen LogP contribution is -2.29. The van der Waals surface area contributed by atoms with E-state index in [1.165, 1.54) is 0 Å². The second-order valence-corrected chi connectivity index (χ2v) is 5.72. The second-order valence-electron chi connectivity index (χ2n) is 5.32. The zero-order chi connectivity index (χ0) is 16.9. The molecule has 23 heavy (non-hydrogen) atoms. The molecule has 6 heteroatoms. The normalized spacial score (nSPS) is 14.2. The Bertz CT molecular complexity index is 687. The summed E-state index contributed by atoms with van der Waals surface area (Å²) in [5, 5.41) is 13.9. The number of methoxy groups -OCH3 is 1. The van der Waals surface area contributed by atoms with Crippen molar-refractivity contribution in [1.82, 2.24) is 0 Å². The molecule has 0 radical (unpaired) electrons. The Morgan fingerprint density at radius 3 is 2.61 bits per heavy atom. The zero-order valence-corrected chi connectivity index (χ0v) is 13.8. The molecule has 0 aliphatic heterocycles. The number of aliphatic imine (C=N–C) groups is 1. The molecule has 0 amide bonds. The van der Waals surface area contributed by atoms with Gasteiger partial charge in [0.1, 0.15) is 11.4 Å². The first-order valence-electron chi connectivity index (χ1n) is 7.11. The summed E-state index contributed by atoms with van der Waals surface area (Å²) in [5.74, 6) is 0.780. The van der Waals surface area contributed by atoms with Crippen molar-refractivity contribution in [1.29, 1.82) is 0 Å². The predicted octanol–water partition coefficient (Wildman–Crippen LogP) is 2.98. The summed E-state index contributed by atoms with van der Waals surface area (Å²) in [6.07, 6.45) is 0. The van der Waals surface area contributed by atoms with Crippen LogP contribution >= 0.6 is 11.6 Å². The fourth-order valence-corrected chi connectivity index (χ4v) is 2.32. The highest BCUT2D eigenvalue weighted by molar-refractivity contribution is 6.32. The van der Waals surface area contributed by atoms with Crippen LogP contribution in [0.15, 0.2) is 53.5 Å². The first-order chi connectivity index (χ1) is 10.9. The van der Waals surface area contributed by atoms with Crippen LogP contribution in [0, 0.1) is 0 Å². The van der Waals surface area contributed by atoms with Crippen molar-refractivity contribution in [3.05, 3.63) is 59.1 Å². The average Bonchev–Trinajstić information content (AvgIpc) is 2.54. The molecule has 0 bridgehead atoms. The van der Waals surface area contributed by atoms with Crippen molar-refractivity contribution >= 4 is 23.2 Å². The van der Waals surface area contributed by atoms with E-state index >= 15 is 0 Å².